The average molecular weight is 213 g/mol. The van der Waals surface area contributed by atoms with Gasteiger partial charge in [-0.2, -0.15) is 0 Å². The second-order valence-electron chi connectivity index (χ2n) is 2.78. The van der Waals surface area contributed by atoms with Crippen molar-refractivity contribution in [2.45, 2.75) is 6.92 Å². The maximum atomic E-state index is 5.84. The molecule has 0 saturated carbocycles. The van der Waals surface area contributed by atoms with Crippen LogP contribution < -0.4 is 0 Å². The Labute approximate surface area is 85.5 Å². The number of pyridine rings is 2. The molecule has 0 aliphatic carbocycles. The molecule has 0 bridgehead atoms. The second kappa shape index (κ2) is 3.13. The topological polar surface area (TPSA) is 25.8 Å². The summed E-state index contributed by atoms with van der Waals surface area (Å²) in [6, 6.07) is 1.81. The number of hydrogen-bond donors (Lipinski definition) is 0. The molecule has 2 heterocycles. The van der Waals surface area contributed by atoms with Crippen LogP contribution in [0.25, 0.3) is 10.9 Å². The van der Waals surface area contributed by atoms with Gasteiger partial charge >= 0.3 is 0 Å². The third-order valence-electron chi connectivity index (χ3n) is 1.85. The minimum Gasteiger partial charge on any atom is -0.262 e. The van der Waals surface area contributed by atoms with E-state index in [1.807, 2.05) is 13.0 Å². The molecule has 0 unspecified atom stereocenters. The van der Waals surface area contributed by atoms with Gasteiger partial charge in [-0.1, -0.05) is 23.2 Å². The highest BCUT2D eigenvalue weighted by molar-refractivity contribution is 6.41. The molecule has 4 heteroatoms. The van der Waals surface area contributed by atoms with Gasteiger partial charge in [-0.25, -0.2) is 4.98 Å². The Kier molecular flexibility index (Phi) is 2.10. The zero-order valence-corrected chi connectivity index (χ0v) is 8.39. The maximum absolute atomic E-state index is 5.84. The van der Waals surface area contributed by atoms with Gasteiger partial charge in [0.15, 0.2) is 0 Å². The highest BCUT2D eigenvalue weighted by Crippen LogP contribution is 2.25. The Bertz CT molecular complexity index is 468. The molecule has 13 heavy (non-hydrogen) atoms. The fraction of sp³-hybridized carbons (Fsp3) is 0.111. The molecule has 0 fully saturated rings. The zero-order valence-electron chi connectivity index (χ0n) is 6.88. The van der Waals surface area contributed by atoms with Crippen LogP contribution in [0.15, 0.2) is 18.5 Å². The molecule has 0 aliphatic rings. The largest absolute Gasteiger partial charge is 0.262 e. The van der Waals surface area contributed by atoms with Crippen LogP contribution in [0.1, 0.15) is 5.56 Å². The third kappa shape index (κ3) is 1.47. The van der Waals surface area contributed by atoms with Crippen molar-refractivity contribution in [3.05, 3.63) is 34.2 Å². The molecular weight excluding hydrogens is 207 g/mol. The van der Waals surface area contributed by atoms with Crippen LogP contribution in [0.4, 0.5) is 0 Å². The lowest BCUT2D eigenvalue weighted by molar-refractivity contribution is 1.27. The van der Waals surface area contributed by atoms with Crippen molar-refractivity contribution in [3.63, 3.8) is 0 Å². The van der Waals surface area contributed by atoms with E-state index in [0.29, 0.717) is 10.2 Å². The van der Waals surface area contributed by atoms with Crippen LogP contribution in [0, 0.1) is 6.92 Å². The molecule has 0 atom stereocenters. The number of aromatic nitrogens is 2. The predicted octanol–water partition coefficient (Wildman–Crippen LogP) is 3.25. The lowest BCUT2D eigenvalue weighted by Crippen LogP contribution is -1.86. The van der Waals surface area contributed by atoms with Crippen molar-refractivity contribution in [1.82, 2.24) is 9.97 Å². The summed E-state index contributed by atoms with van der Waals surface area (Å²) in [6.45, 7) is 1.96. The minimum absolute atomic E-state index is 0.321. The first-order chi connectivity index (χ1) is 6.18. The van der Waals surface area contributed by atoms with Crippen molar-refractivity contribution < 1.29 is 0 Å². The van der Waals surface area contributed by atoms with Crippen molar-refractivity contribution >= 4 is 34.1 Å². The van der Waals surface area contributed by atoms with Crippen LogP contribution in [-0.2, 0) is 0 Å². The van der Waals surface area contributed by atoms with Gasteiger partial charge in [0.05, 0.1) is 16.7 Å². The van der Waals surface area contributed by atoms with Crippen LogP contribution >= 0.6 is 23.2 Å². The van der Waals surface area contributed by atoms with Gasteiger partial charge in [0.2, 0.25) is 0 Å². The number of rotatable bonds is 0. The van der Waals surface area contributed by atoms with E-state index in [4.69, 9.17) is 23.2 Å². The Hall–Kier alpha value is -0.860. The molecule has 0 aliphatic heterocycles. The van der Waals surface area contributed by atoms with E-state index in [2.05, 4.69) is 9.97 Å². The summed E-state index contributed by atoms with van der Waals surface area (Å²) in [5, 5.41) is 1.79. The first-order valence-electron chi connectivity index (χ1n) is 3.75. The van der Waals surface area contributed by atoms with Crippen LogP contribution in [0.3, 0.4) is 0 Å². The predicted molar refractivity (Wildman–Crippen MR) is 54.3 cm³/mol. The minimum atomic E-state index is 0.321. The number of fused-ring (bicyclic) bond motifs is 1. The monoisotopic (exact) mass is 212 g/mol. The summed E-state index contributed by atoms with van der Waals surface area (Å²) >= 11 is 11.6. The standard InChI is InChI=1S/C9H6Cl2N2/c1-5-3-12-4-8-6(5)2-7(10)9(11)13-8/h2-4H,1H3. The number of nitrogens with zero attached hydrogens (tertiary/aromatic N) is 2. The van der Waals surface area contributed by atoms with Gasteiger partial charge < -0.3 is 0 Å². The smallest absolute Gasteiger partial charge is 0.148 e. The van der Waals surface area contributed by atoms with Crippen LogP contribution in [0.2, 0.25) is 10.2 Å². The van der Waals surface area contributed by atoms with Crippen molar-refractivity contribution in [3.8, 4) is 0 Å². The molecule has 0 amide bonds. The molecule has 0 spiro atoms. The van der Waals surface area contributed by atoms with E-state index < -0.39 is 0 Å². The SMILES string of the molecule is Cc1cncc2nc(Cl)c(Cl)cc12. The van der Waals surface area contributed by atoms with Crippen molar-refractivity contribution in [2.75, 3.05) is 0 Å². The van der Waals surface area contributed by atoms with E-state index in [1.54, 1.807) is 12.4 Å². The maximum Gasteiger partial charge on any atom is 0.148 e. The third-order valence-corrected chi connectivity index (χ3v) is 2.53. The Morgan fingerprint density at radius 1 is 1.23 bits per heavy atom. The van der Waals surface area contributed by atoms with E-state index in [-0.39, 0.29) is 0 Å². The Balaban J connectivity index is 2.89. The Morgan fingerprint density at radius 3 is 2.77 bits per heavy atom. The van der Waals surface area contributed by atoms with Crippen LogP contribution in [0.5, 0.6) is 0 Å². The van der Waals surface area contributed by atoms with Gasteiger partial charge in [0.1, 0.15) is 5.15 Å². The van der Waals surface area contributed by atoms with Crippen molar-refractivity contribution in [1.29, 1.82) is 0 Å². The highest BCUT2D eigenvalue weighted by atomic mass is 35.5. The summed E-state index contributed by atoms with van der Waals surface area (Å²) in [4.78, 5) is 8.13. The van der Waals surface area contributed by atoms with Gasteiger partial charge in [-0.15, -0.1) is 0 Å². The lowest BCUT2D eigenvalue weighted by Gasteiger charge is -2.01. The van der Waals surface area contributed by atoms with E-state index in [9.17, 15) is 0 Å². The average Bonchev–Trinajstić information content (AvgIpc) is 2.09. The molecule has 0 N–H and O–H groups in total. The zero-order chi connectivity index (χ0) is 9.42. The summed E-state index contributed by atoms with van der Waals surface area (Å²) in [7, 11) is 0. The Morgan fingerprint density at radius 2 is 2.00 bits per heavy atom. The van der Waals surface area contributed by atoms with Crippen molar-refractivity contribution in [2.24, 2.45) is 0 Å². The fourth-order valence-electron chi connectivity index (χ4n) is 1.18. The molecule has 66 valence electrons. The summed E-state index contributed by atoms with van der Waals surface area (Å²) < 4.78 is 0. The van der Waals surface area contributed by atoms with Crippen LogP contribution in [-0.4, -0.2) is 9.97 Å². The molecule has 0 aromatic carbocycles. The molecule has 0 saturated heterocycles. The lowest BCUT2D eigenvalue weighted by atomic mass is 10.2. The van der Waals surface area contributed by atoms with Gasteiger partial charge in [-0.05, 0) is 18.6 Å². The summed E-state index contributed by atoms with van der Waals surface area (Å²) in [5.74, 6) is 0. The highest BCUT2D eigenvalue weighted by Gasteiger charge is 2.04. The van der Waals surface area contributed by atoms with Gasteiger partial charge in [0.25, 0.3) is 0 Å². The first-order valence-corrected chi connectivity index (χ1v) is 4.50. The molecule has 2 aromatic rings. The van der Waals surface area contributed by atoms with E-state index >= 15 is 0 Å². The van der Waals surface area contributed by atoms with E-state index in [1.165, 1.54) is 0 Å². The molecule has 2 rings (SSSR count). The van der Waals surface area contributed by atoms with Gasteiger partial charge in [0, 0.05) is 11.6 Å². The normalized spacial score (nSPS) is 10.7. The molecule has 2 aromatic heterocycles. The number of halogens is 2. The first kappa shape index (κ1) is 8.73. The number of aryl methyl sites for hydroxylation is 1. The van der Waals surface area contributed by atoms with Gasteiger partial charge in [-0.3, -0.25) is 4.98 Å². The molecular formula is C9H6Cl2N2. The molecule has 2 nitrogen and oxygen atoms in total. The molecule has 0 radical (unpaired) electrons. The van der Waals surface area contributed by atoms with E-state index in [0.717, 1.165) is 16.5 Å². The fourth-order valence-corrected chi connectivity index (χ4v) is 1.48. The number of hydrogen-bond acceptors (Lipinski definition) is 2. The summed E-state index contributed by atoms with van der Waals surface area (Å²) in [6.07, 6.45) is 3.44. The summed E-state index contributed by atoms with van der Waals surface area (Å²) in [5.41, 5.74) is 1.82. The quantitative estimate of drug-likeness (QED) is 0.627. The second-order valence-corrected chi connectivity index (χ2v) is 3.55.